The molecule has 0 aliphatic carbocycles. The maximum Gasteiger partial charge on any atom is 0.242 e. The molecule has 11 heteroatoms. The van der Waals surface area contributed by atoms with Gasteiger partial charge in [0.15, 0.2) is 0 Å². The number of carbonyl (C=O) groups is 2. The molecule has 0 heterocycles. The van der Waals surface area contributed by atoms with Crippen molar-refractivity contribution >= 4 is 50.7 Å². The molecule has 0 fully saturated rings. The first-order valence-electron chi connectivity index (χ1n) is 12.6. The lowest BCUT2D eigenvalue weighted by Crippen LogP contribution is -2.49. The molecule has 0 unspecified atom stereocenters. The molecule has 0 saturated carbocycles. The Balaban J connectivity index is 1.85. The van der Waals surface area contributed by atoms with E-state index in [1.165, 1.54) is 29.4 Å². The summed E-state index contributed by atoms with van der Waals surface area (Å²) in [6.45, 7) is 0.204. The number of methoxy groups -OCH3 is 1. The van der Waals surface area contributed by atoms with Gasteiger partial charge in [0.2, 0.25) is 21.8 Å². The van der Waals surface area contributed by atoms with E-state index >= 15 is 0 Å². The number of benzene rings is 3. The average molecular weight is 607 g/mol. The molecule has 0 saturated heterocycles. The van der Waals surface area contributed by atoms with Crippen LogP contribution >= 0.6 is 23.2 Å². The largest absolute Gasteiger partial charge is 0.495 e. The van der Waals surface area contributed by atoms with Crippen molar-refractivity contribution in [2.24, 2.45) is 0 Å². The number of rotatable bonds is 13. The predicted octanol–water partition coefficient (Wildman–Crippen LogP) is 4.93. The first-order chi connectivity index (χ1) is 19.0. The van der Waals surface area contributed by atoms with Crippen LogP contribution in [-0.2, 0) is 32.6 Å². The summed E-state index contributed by atoms with van der Waals surface area (Å²) in [5.74, 6) is -0.167. The Bertz CT molecular complexity index is 1420. The number of sulfonamides is 1. The van der Waals surface area contributed by atoms with Crippen molar-refractivity contribution in [1.82, 2.24) is 10.2 Å². The molecule has 214 valence electrons. The van der Waals surface area contributed by atoms with Gasteiger partial charge in [-0.15, -0.1) is 0 Å². The number of hydrogen-bond acceptors (Lipinski definition) is 5. The fraction of sp³-hybridized carbons (Fsp3) is 0.310. The van der Waals surface area contributed by atoms with Gasteiger partial charge in [0.05, 0.1) is 24.1 Å². The molecular formula is C29H33Cl2N3O5S. The minimum absolute atomic E-state index is 0.0127. The van der Waals surface area contributed by atoms with Crippen LogP contribution in [0.1, 0.15) is 24.0 Å². The van der Waals surface area contributed by atoms with Gasteiger partial charge in [-0.05, 0) is 47.9 Å². The molecule has 1 atom stereocenters. The summed E-state index contributed by atoms with van der Waals surface area (Å²) < 4.78 is 31.6. The standard InChI is InChI=1S/C29H33Cl2N3O5S/c1-32-29(36)26(18-21-9-5-4-6-10-21)33(20-22-11-7-12-23(30)17-22)28(35)13-8-16-34(40(3,37)38)24-14-15-27(39-2)25(31)19-24/h4-7,9-12,14-15,17,19,26H,8,13,16,18,20H2,1-3H3,(H,32,36)/t26-/m1/s1. The Morgan fingerprint density at radius 3 is 2.27 bits per heavy atom. The second-order valence-electron chi connectivity index (χ2n) is 9.23. The van der Waals surface area contributed by atoms with E-state index in [1.54, 1.807) is 30.3 Å². The Hall–Kier alpha value is -3.27. The van der Waals surface area contributed by atoms with Crippen molar-refractivity contribution < 1.29 is 22.7 Å². The lowest BCUT2D eigenvalue weighted by Gasteiger charge is -2.31. The van der Waals surface area contributed by atoms with Crippen molar-refractivity contribution in [2.75, 3.05) is 31.3 Å². The van der Waals surface area contributed by atoms with Crippen LogP contribution < -0.4 is 14.4 Å². The molecule has 3 rings (SSSR count). The molecule has 0 aliphatic heterocycles. The maximum absolute atomic E-state index is 13.7. The smallest absolute Gasteiger partial charge is 0.242 e. The van der Waals surface area contributed by atoms with Crippen LogP contribution in [0.25, 0.3) is 0 Å². The zero-order valence-corrected chi connectivity index (χ0v) is 25.0. The molecule has 0 aliphatic rings. The fourth-order valence-corrected chi connectivity index (χ4v) is 5.79. The summed E-state index contributed by atoms with van der Waals surface area (Å²) >= 11 is 12.4. The number of anilines is 1. The second kappa shape index (κ2) is 14.4. The number of nitrogens with zero attached hydrogens (tertiary/aromatic N) is 2. The normalized spacial score (nSPS) is 11.9. The van der Waals surface area contributed by atoms with Crippen molar-refractivity contribution in [3.63, 3.8) is 0 Å². The van der Waals surface area contributed by atoms with Crippen LogP contribution in [0, 0.1) is 0 Å². The van der Waals surface area contributed by atoms with Gasteiger partial charge in [-0.25, -0.2) is 8.42 Å². The number of carbonyl (C=O) groups excluding carboxylic acids is 2. The summed E-state index contributed by atoms with van der Waals surface area (Å²) in [6, 6.07) is 20.5. The molecule has 0 aromatic heterocycles. The highest BCUT2D eigenvalue weighted by Crippen LogP contribution is 2.30. The van der Waals surface area contributed by atoms with E-state index < -0.39 is 16.1 Å². The van der Waals surface area contributed by atoms with Gasteiger partial charge in [0.1, 0.15) is 11.8 Å². The Morgan fingerprint density at radius 2 is 1.68 bits per heavy atom. The third kappa shape index (κ3) is 8.61. The van der Waals surface area contributed by atoms with E-state index in [4.69, 9.17) is 27.9 Å². The van der Waals surface area contributed by atoms with E-state index in [1.807, 2.05) is 36.4 Å². The molecule has 3 aromatic rings. The van der Waals surface area contributed by atoms with Crippen molar-refractivity contribution in [3.8, 4) is 5.75 Å². The van der Waals surface area contributed by atoms with Crippen LogP contribution in [0.3, 0.4) is 0 Å². The number of hydrogen-bond donors (Lipinski definition) is 1. The summed E-state index contributed by atoms with van der Waals surface area (Å²) in [5, 5.41) is 3.47. The number of likely N-dealkylation sites (N-methyl/N-ethyl adjacent to an activating group) is 1. The first kappa shape index (κ1) is 31.3. The highest BCUT2D eigenvalue weighted by atomic mass is 35.5. The molecule has 0 bridgehead atoms. The molecule has 0 spiro atoms. The molecule has 8 nitrogen and oxygen atoms in total. The Morgan fingerprint density at radius 1 is 0.975 bits per heavy atom. The molecule has 0 radical (unpaired) electrons. The first-order valence-corrected chi connectivity index (χ1v) is 15.2. The summed E-state index contributed by atoms with van der Waals surface area (Å²) in [4.78, 5) is 28.3. The SMILES string of the molecule is CNC(=O)[C@@H](Cc1ccccc1)N(Cc1cccc(Cl)c1)C(=O)CCCN(c1ccc(OC)c(Cl)c1)S(C)(=O)=O. The fourth-order valence-electron chi connectivity index (χ4n) is 4.37. The topological polar surface area (TPSA) is 96.0 Å². The summed E-state index contributed by atoms with van der Waals surface area (Å²) in [7, 11) is -0.664. The second-order valence-corrected chi connectivity index (χ2v) is 12.0. The highest BCUT2D eigenvalue weighted by molar-refractivity contribution is 7.92. The third-order valence-electron chi connectivity index (χ3n) is 6.33. The molecular weight excluding hydrogens is 573 g/mol. The van der Waals surface area contributed by atoms with Gasteiger partial charge in [0, 0.05) is 38.0 Å². The molecule has 40 heavy (non-hydrogen) atoms. The van der Waals surface area contributed by atoms with Crippen molar-refractivity contribution in [3.05, 3.63) is 94.0 Å². The zero-order chi connectivity index (χ0) is 29.3. The zero-order valence-electron chi connectivity index (χ0n) is 22.6. The lowest BCUT2D eigenvalue weighted by molar-refractivity contribution is -0.141. The van der Waals surface area contributed by atoms with Gasteiger partial charge in [0.25, 0.3) is 0 Å². The monoisotopic (exact) mass is 605 g/mol. The van der Waals surface area contributed by atoms with E-state index in [0.717, 1.165) is 17.4 Å². The van der Waals surface area contributed by atoms with E-state index in [-0.39, 0.29) is 42.8 Å². The van der Waals surface area contributed by atoms with Crippen LogP contribution in [0.4, 0.5) is 5.69 Å². The summed E-state index contributed by atoms with van der Waals surface area (Å²) in [5.41, 5.74) is 2.04. The van der Waals surface area contributed by atoms with Crippen LogP contribution in [0.5, 0.6) is 5.75 Å². The Kier molecular flexibility index (Phi) is 11.2. The van der Waals surface area contributed by atoms with Crippen molar-refractivity contribution in [2.45, 2.75) is 31.8 Å². The number of ether oxygens (including phenoxy) is 1. The average Bonchev–Trinajstić information content (AvgIpc) is 2.92. The quantitative estimate of drug-likeness (QED) is 0.298. The van der Waals surface area contributed by atoms with E-state index in [9.17, 15) is 18.0 Å². The number of amides is 2. The third-order valence-corrected chi connectivity index (χ3v) is 8.06. The van der Waals surface area contributed by atoms with Gasteiger partial charge in [-0.1, -0.05) is 65.7 Å². The van der Waals surface area contributed by atoms with Gasteiger partial charge in [-0.3, -0.25) is 13.9 Å². The number of nitrogens with one attached hydrogen (secondary N) is 1. The molecule has 1 N–H and O–H groups in total. The lowest BCUT2D eigenvalue weighted by atomic mass is 10.0. The Labute approximate surface area is 245 Å². The van der Waals surface area contributed by atoms with Crippen LogP contribution in [0.15, 0.2) is 72.8 Å². The van der Waals surface area contributed by atoms with Crippen LogP contribution in [-0.4, -0.2) is 58.1 Å². The van der Waals surface area contributed by atoms with E-state index in [2.05, 4.69) is 5.32 Å². The molecule has 3 aromatic carbocycles. The minimum atomic E-state index is -3.67. The van der Waals surface area contributed by atoms with E-state index in [0.29, 0.717) is 22.9 Å². The maximum atomic E-state index is 13.7. The predicted molar refractivity (Wildman–Crippen MR) is 159 cm³/mol. The minimum Gasteiger partial charge on any atom is -0.495 e. The van der Waals surface area contributed by atoms with Gasteiger partial charge < -0.3 is 15.0 Å². The molecule has 2 amide bonds. The van der Waals surface area contributed by atoms with Gasteiger partial charge >= 0.3 is 0 Å². The van der Waals surface area contributed by atoms with Crippen LogP contribution in [0.2, 0.25) is 10.0 Å². The van der Waals surface area contributed by atoms with Crippen molar-refractivity contribution in [1.29, 1.82) is 0 Å². The summed E-state index contributed by atoms with van der Waals surface area (Å²) in [6.07, 6.45) is 1.64. The number of halogens is 2. The van der Waals surface area contributed by atoms with Gasteiger partial charge in [-0.2, -0.15) is 0 Å². The highest BCUT2D eigenvalue weighted by Gasteiger charge is 2.30.